The highest BCUT2D eigenvalue weighted by Crippen LogP contribution is 2.31. The predicted molar refractivity (Wildman–Crippen MR) is 106 cm³/mol. The molecule has 2 atom stereocenters. The van der Waals surface area contributed by atoms with Gasteiger partial charge in [-0.15, -0.1) is 0 Å². The number of benzene rings is 1. The van der Waals surface area contributed by atoms with Gasteiger partial charge in [-0.25, -0.2) is 0 Å². The molecule has 2 heterocycles. The molecule has 1 aromatic carbocycles. The van der Waals surface area contributed by atoms with Crippen LogP contribution in [-0.2, 0) is 11.8 Å². The highest BCUT2D eigenvalue weighted by Gasteiger charge is 2.37. The molecule has 7 heteroatoms. The van der Waals surface area contributed by atoms with E-state index in [-0.39, 0.29) is 18.1 Å². The van der Waals surface area contributed by atoms with Crippen LogP contribution in [0.15, 0.2) is 36.7 Å². The molecule has 1 amide bonds. The Morgan fingerprint density at radius 1 is 1.22 bits per heavy atom. The molecule has 3 rings (SSSR count). The third-order valence-electron chi connectivity index (χ3n) is 4.86. The van der Waals surface area contributed by atoms with Crippen molar-refractivity contribution < 1.29 is 9.53 Å². The van der Waals surface area contributed by atoms with Crippen LogP contribution < -0.4 is 4.90 Å². The minimum Gasteiger partial charge on any atom is -0.378 e. The van der Waals surface area contributed by atoms with E-state index in [2.05, 4.69) is 10.00 Å². The van der Waals surface area contributed by atoms with E-state index in [0.717, 1.165) is 17.8 Å². The molecule has 2 aromatic rings. The van der Waals surface area contributed by atoms with Gasteiger partial charge in [0.05, 0.1) is 24.9 Å². The van der Waals surface area contributed by atoms with E-state index in [1.54, 1.807) is 4.68 Å². The van der Waals surface area contributed by atoms with Crippen molar-refractivity contribution in [3.05, 3.63) is 47.8 Å². The summed E-state index contributed by atoms with van der Waals surface area (Å²) in [5, 5.41) is 4.31. The molecule has 0 N–H and O–H groups in total. The SMILES string of the molecule is CN(C)C[C@@H]1OCCN(C(=O)c2ccc(N(C)C)cc2)[C@H]1c1cnn(C)c1. The number of rotatable bonds is 5. The number of aryl methyl sites for hydroxylation is 1. The van der Waals surface area contributed by atoms with Gasteiger partial charge < -0.3 is 19.4 Å². The number of aromatic nitrogens is 2. The van der Waals surface area contributed by atoms with E-state index in [1.165, 1.54) is 0 Å². The summed E-state index contributed by atoms with van der Waals surface area (Å²) in [6.45, 7) is 1.84. The number of anilines is 1. The molecule has 27 heavy (non-hydrogen) atoms. The fourth-order valence-electron chi connectivity index (χ4n) is 3.53. The van der Waals surface area contributed by atoms with Crippen LogP contribution in [-0.4, -0.2) is 79.5 Å². The first-order chi connectivity index (χ1) is 12.9. The van der Waals surface area contributed by atoms with E-state index in [0.29, 0.717) is 18.7 Å². The van der Waals surface area contributed by atoms with Gasteiger partial charge in [-0.1, -0.05) is 0 Å². The monoisotopic (exact) mass is 371 g/mol. The molecule has 0 unspecified atom stereocenters. The van der Waals surface area contributed by atoms with Crippen molar-refractivity contribution in [2.24, 2.45) is 7.05 Å². The number of likely N-dealkylation sites (N-methyl/N-ethyl adjacent to an activating group) is 1. The fraction of sp³-hybridized carbons (Fsp3) is 0.500. The summed E-state index contributed by atoms with van der Waals surface area (Å²) in [5.74, 6) is 0.0289. The third kappa shape index (κ3) is 4.31. The van der Waals surface area contributed by atoms with Crippen LogP contribution in [0.1, 0.15) is 22.0 Å². The Bertz CT molecular complexity index is 769. The zero-order valence-corrected chi connectivity index (χ0v) is 16.8. The summed E-state index contributed by atoms with van der Waals surface area (Å²) in [4.78, 5) is 19.4. The molecule has 1 aliphatic heterocycles. The summed E-state index contributed by atoms with van der Waals surface area (Å²) in [7, 11) is 9.90. The minimum atomic E-state index is -0.157. The van der Waals surface area contributed by atoms with E-state index in [9.17, 15) is 4.79 Å². The van der Waals surface area contributed by atoms with Gasteiger partial charge in [-0.05, 0) is 38.4 Å². The maximum absolute atomic E-state index is 13.3. The molecule has 0 spiro atoms. The van der Waals surface area contributed by atoms with Crippen LogP contribution in [0.5, 0.6) is 0 Å². The smallest absolute Gasteiger partial charge is 0.254 e. The first-order valence-corrected chi connectivity index (χ1v) is 9.20. The first kappa shape index (κ1) is 19.4. The highest BCUT2D eigenvalue weighted by molar-refractivity contribution is 5.95. The van der Waals surface area contributed by atoms with E-state index in [1.807, 2.05) is 81.7 Å². The summed E-state index contributed by atoms with van der Waals surface area (Å²) < 4.78 is 7.82. The lowest BCUT2D eigenvalue weighted by atomic mass is 9.99. The van der Waals surface area contributed by atoms with Gasteiger partial charge in [0, 0.05) is 57.2 Å². The van der Waals surface area contributed by atoms with Gasteiger partial charge in [-0.3, -0.25) is 9.48 Å². The van der Waals surface area contributed by atoms with Crippen molar-refractivity contribution in [3.8, 4) is 0 Å². The lowest BCUT2D eigenvalue weighted by Gasteiger charge is -2.41. The van der Waals surface area contributed by atoms with Crippen LogP contribution in [0.4, 0.5) is 5.69 Å². The third-order valence-corrected chi connectivity index (χ3v) is 4.86. The minimum absolute atomic E-state index is 0.0289. The maximum Gasteiger partial charge on any atom is 0.254 e. The summed E-state index contributed by atoms with van der Waals surface area (Å²) in [5.41, 5.74) is 2.77. The van der Waals surface area contributed by atoms with Gasteiger partial charge in [0.15, 0.2) is 0 Å². The normalized spacial score (nSPS) is 20.1. The van der Waals surface area contributed by atoms with Crippen LogP contribution in [0.25, 0.3) is 0 Å². The lowest BCUT2D eigenvalue weighted by molar-refractivity contribution is -0.0684. The number of carbonyl (C=O) groups is 1. The highest BCUT2D eigenvalue weighted by atomic mass is 16.5. The van der Waals surface area contributed by atoms with Crippen LogP contribution in [0.2, 0.25) is 0 Å². The van der Waals surface area contributed by atoms with Gasteiger partial charge in [0.1, 0.15) is 0 Å². The molecule has 0 bridgehead atoms. The Hall–Kier alpha value is -2.38. The van der Waals surface area contributed by atoms with Crippen molar-refractivity contribution in [2.45, 2.75) is 12.1 Å². The van der Waals surface area contributed by atoms with E-state index < -0.39 is 0 Å². The molecule has 1 saturated heterocycles. The van der Waals surface area contributed by atoms with Gasteiger partial charge >= 0.3 is 0 Å². The molecule has 1 fully saturated rings. The first-order valence-electron chi connectivity index (χ1n) is 9.20. The molecule has 0 saturated carbocycles. The molecule has 0 aliphatic carbocycles. The summed E-state index contributed by atoms with van der Waals surface area (Å²) in [6.07, 6.45) is 3.71. The second kappa shape index (κ2) is 8.10. The Kier molecular flexibility index (Phi) is 5.82. The quantitative estimate of drug-likeness (QED) is 0.800. The predicted octanol–water partition coefficient (Wildman–Crippen LogP) is 1.63. The van der Waals surface area contributed by atoms with Crippen LogP contribution >= 0.6 is 0 Å². The molecule has 1 aromatic heterocycles. The standard InChI is InChI=1S/C20H29N5O2/c1-22(2)14-18-19(16-12-21-24(5)13-16)25(10-11-27-18)20(26)15-6-8-17(9-7-15)23(3)4/h6-9,12-13,18-19H,10-11,14H2,1-5H3/t18-,19-/m0/s1. The van der Waals surface area contributed by atoms with Crippen molar-refractivity contribution in [2.75, 3.05) is 52.8 Å². The number of amides is 1. The largest absolute Gasteiger partial charge is 0.378 e. The second-order valence-corrected chi connectivity index (χ2v) is 7.50. The van der Waals surface area contributed by atoms with Crippen molar-refractivity contribution in [1.82, 2.24) is 19.6 Å². The zero-order chi connectivity index (χ0) is 19.6. The van der Waals surface area contributed by atoms with Gasteiger partial charge in [0.25, 0.3) is 5.91 Å². The average Bonchev–Trinajstić information content (AvgIpc) is 3.06. The number of hydrogen-bond donors (Lipinski definition) is 0. The van der Waals surface area contributed by atoms with E-state index in [4.69, 9.17) is 4.74 Å². The zero-order valence-electron chi connectivity index (χ0n) is 16.8. The molecular weight excluding hydrogens is 342 g/mol. The topological polar surface area (TPSA) is 53.8 Å². The van der Waals surface area contributed by atoms with E-state index >= 15 is 0 Å². The molecule has 7 nitrogen and oxygen atoms in total. The fourth-order valence-corrected chi connectivity index (χ4v) is 3.53. The molecule has 146 valence electrons. The Morgan fingerprint density at radius 3 is 2.48 bits per heavy atom. The molecule has 1 aliphatic rings. The summed E-state index contributed by atoms with van der Waals surface area (Å²) in [6, 6.07) is 7.59. The van der Waals surface area contributed by atoms with Crippen molar-refractivity contribution in [1.29, 1.82) is 0 Å². The second-order valence-electron chi connectivity index (χ2n) is 7.50. The summed E-state index contributed by atoms with van der Waals surface area (Å²) >= 11 is 0. The Labute approximate surface area is 161 Å². The van der Waals surface area contributed by atoms with Crippen molar-refractivity contribution in [3.63, 3.8) is 0 Å². The van der Waals surface area contributed by atoms with Crippen molar-refractivity contribution >= 4 is 11.6 Å². The van der Waals surface area contributed by atoms with Gasteiger partial charge in [0.2, 0.25) is 0 Å². The van der Waals surface area contributed by atoms with Crippen LogP contribution in [0, 0.1) is 0 Å². The molecule has 0 radical (unpaired) electrons. The average molecular weight is 371 g/mol. The number of nitrogens with zero attached hydrogens (tertiary/aromatic N) is 5. The number of ether oxygens (including phenoxy) is 1. The molecular formula is C20H29N5O2. The van der Waals surface area contributed by atoms with Gasteiger partial charge in [-0.2, -0.15) is 5.10 Å². The number of morpholine rings is 1. The van der Waals surface area contributed by atoms with Crippen LogP contribution in [0.3, 0.4) is 0 Å². The number of carbonyl (C=O) groups excluding carboxylic acids is 1. The Balaban J connectivity index is 1.91. The number of hydrogen-bond acceptors (Lipinski definition) is 5. The lowest BCUT2D eigenvalue weighted by Crippen LogP contribution is -2.51. The Morgan fingerprint density at radius 2 is 1.93 bits per heavy atom. The maximum atomic E-state index is 13.3.